The van der Waals surface area contributed by atoms with Crippen LogP contribution in [0.5, 0.6) is 5.75 Å². The van der Waals surface area contributed by atoms with E-state index in [0.717, 1.165) is 11.3 Å². The van der Waals surface area contributed by atoms with Gasteiger partial charge in [0.15, 0.2) is 11.0 Å². The van der Waals surface area contributed by atoms with E-state index in [0.29, 0.717) is 33.5 Å². The number of methoxy groups -OCH3 is 1. The number of fused-ring (bicyclic) bond motifs is 1. The van der Waals surface area contributed by atoms with Gasteiger partial charge < -0.3 is 9.26 Å². The van der Waals surface area contributed by atoms with Crippen molar-refractivity contribution < 1.29 is 9.26 Å². The minimum atomic E-state index is -0.0740. The Bertz CT molecular complexity index is 1150. The second-order valence-corrected chi connectivity index (χ2v) is 6.75. The minimum Gasteiger partial charge on any atom is -0.497 e. The van der Waals surface area contributed by atoms with Crippen molar-refractivity contribution >= 4 is 22.7 Å². The van der Waals surface area contributed by atoms with E-state index in [4.69, 9.17) is 9.26 Å². The van der Waals surface area contributed by atoms with Crippen molar-refractivity contribution in [1.29, 1.82) is 0 Å². The molecule has 2 aromatic heterocycles. The molecule has 2 heterocycles. The molecule has 2 aromatic carbocycles. The first-order valence-corrected chi connectivity index (χ1v) is 9.20. The zero-order valence-corrected chi connectivity index (χ0v) is 15.6. The van der Waals surface area contributed by atoms with Gasteiger partial charge in [0, 0.05) is 12.6 Å². The summed E-state index contributed by atoms with van der Waals surface area (Å²) in [6.07, 6.45) is 0. The monoisotopic (exact) mass is 380 g/mol. The molecule has 0 aliphatic rings. The minimum absolute atomic E-state index is 0.0740. The molecular weight excluding hydrogens is 364 g/mol. The molecule has 0 saturated heterocycles. The fourth-order valence-corrected chi connectivity index (χ4v) is 3.43. The van der Waals surface area contributed by atoms with Crippen LogP contribution in [-0.4, -0.2) is 26.8 Å². The highest BCUT2D eigenvalue weighted by molar-refractivity contribution is 7.98. The zero-order valence-electron chi connectivity index (χ0n) is 14.7. The predicted molar refractivity (Wildman–Crippen MR) is 103 cm³/mol. The molecule has 0 radical (unpaired) electrons. The molecule has 0 N–H and O–H groups in total. The topological polar surface area (TPSA) is 83.0 Å². The summed E-state index contributed by atoms with van der Waals surface area (Å²) in [5, 5.41) is 5.22. The van der Waals surface area contributed by atoms with E-state index in [2.05, 4.69) is 15.1 Å². The van der Waals surface area contributed by atoms with Crippen molar-refractivity contribution in [2.45, 2.75) is 10.9 Å². The summed E-state index contributed by atoms with van der Waals surface area (Å²) >= 11 is 1.39. The summed E-state index contributed by atoms with van der Waals surface area (Å²) in [5.41, 5.74) is 1.42. The lowest BCUT2D eigenvalue weighted by molar-refractivity contribution is 0.414. The highest BCUT2D eigenvalue weighted by Crippen LogP contribution is 2.24. The summed E-state index contributed by atoms with van der Waals surface area (Å²) in [7, 11) is 3.33. The van der Waals surface area contributed by atoms with Crippen LogP contribution in [-0.2, 0) is 12.8 Å². The summed E-state index contributed by atoms with van der Waals surface area (Å²) in [5.74, 6) is 2.18. The third-order valence-electron chi connectivity index (χ3n) is 4.08. The Balaban J connectivity index is 1.54. The van der Waals surface area contributed by atoms with Gasteiger partial charge in [0.2, 0.25) is 0 Å². The average Bonchev–Trinajstić information content (AvgIpc) is 3.19. The average molecular weight is 380 g/mol. The number of para-hydroxylation sites is 1. The number of thioether (sulfide) groups is 1. The summed E-state index contributed by atoms with van der Waals surface area (Å²) in [6.45, 7) is 0. The molecule has 0 spiro atoms. The van der Waals surface area contributed by atoms with Crippen LogP contribution in [0.3, 0.4) is 0 Å². The number of aromatic nitrogens is 4. The Labute approximate surface area is 159 Å². The lowest BCUT2D eigenvalue weighted by Crippen LogP contribution is -2.19. The van der Waals surface area contributed by atoms with E-state index in [1.807, 2.05) is 42.5 Å². The lowest BCUT2D eigenvalue weighted by Gasteiger charge is -2.07. The molecule has 7 nitrogen and oxygen atoms in total. The number of ether oxygens (including phenoxy) is 1. The number of benzene rings is 2. The number of rotatable bonds is 5. The van der Waals surface area contributed by atoms with Gasteiger partial charge in [-0.05, 0) is 36.4 Å². The van der Waals surface area contributed by atoms with Crippen LogP contribution < -0.4 is 10.3 Å². The van der Waals surface area contributed by atoms with Crippen LogP contribution >= 0.6 is 11.8 Å². The van der Waals surface area contributed by atoms with E-state index in [1.165, 1.54) is 16.3 Å². The van der Waals surface area contributed by atoms with Gasteiger partial charge in [-0.2, -0.15) is 4.98 Å². The molecule has 0 aliphatic carbocycles. The van der Waals surface area contributed by atoms with Gasteiger partial charge >= 0.3 is 0 Å². The fourth-order valence-electron chi connectivity index (χ4n) is 2.62. The summed E-state index contributed by atoms with van der Waals surface area (Å²) < 4.78 is 12.0. The second-order valence-electron chi connectivity index (χ2n) is 5.81. The molecular formula is C19H16N4O3S. The van der Waals surface area contributed by atoms with Crippen LogP contribution in [0.4, 0.5) is 0 Å². The Kier molecular flexibility index (Phi) is 4.64. The van der Waals surface area contributed by atoms with Gasteiger partial charge in [0.25, 0.3) is 11.4 Å². The Morgan fingerprint density at radius 3 is 2.67 bits per heavy atom. The first kappa shape index (κ1) is 17.3. The summed E-state index contributed by atoms with van der Waals surface area (Å²) in [4.78, 5) is 21.4. The second kappa shape index (κ2) is 7.24. The van der Waals surface area contributed by atoms with Crippen LogP contribution in [0.15, 0.2) is 63.0 Å². The molecule has 0 amide bonds. The van der Waals surface area contributed by atoms with Crippen molar-refractivity contribution in [3.63, 3.8) is 0 Å². The Hall–Kier alpha value is -3.13. The van der Waals surface area contributed by atoms with Crippen LogP contribution in [0.25, 0.3) is 22.4 Å². The number of hydrogen-bond donors (Lipinski definition) is 0. The quantitative estimate of drug-likeness (QED) is 0.388. The Morgan fingerprint density at radius 1 is 1.11 bits per heavy atom. The molecule has 0 saturated carbocycles. The highest BCUT2D eigenvalue weighted by Gasteiger charge is 2.12. The van der Waals surface area contributed by atoms with Gasteiger partial charge in [-0.15, -0.1) is 0 Å². The molecule has 4 rings (SSSR count). The fraction of sp³-hybridized carbons (Fsp3) is 0.158. The van der Waals surface area contributed by atoms with Gasteiger partial charge in [-0.25, -0.2) is 4.98 Å². The number of hydrogen-bond acceptors (Lipinski definition) is 7. The molecule has 27 heavy (non-hydrogen) atoms. The van der Waals surface area contributed by atoms with E-state index in [1.54, 1.807) is 20.2 Å². The first-order valence-electron chi connectivity index (χ1n) is 8.21. The molecule has 0 unspecified atom stereocenters. The molecule has 0 aliphatic heterocycles. The van der Waals surface area contributed by atoms with Crippen molar-refractivity contribution in [2.24, 2.45) is 7.05 Å². The van der Waals surface area contributed by atoms with Crippen LogP contribution in [0.2, 0.25) is 0 Å². The van der Waals surface area contributed by atoms with E-state index in [9.17, 15) is 4.79 Å². The highest BCUT2D eigenvalue weighted by atomic mass is 32.2. The third kappa shape index (κ3) is 3.43. The van der Waals surface area contributed by atoms with E-state index in [-0.39, 0.29) is 5.56 Å². The molecule has 136 valence electrons. The maximum atomic E-state index is 12.5. The van der Waals surface area contributed by atoms with Crippen molar-refractivity contribution in [1.82, 2.24) is 19.7 Å². The van der Waals surface area contributed by atoms with Gasteiger partial charge in [0.05, 0.1) is 23.8 Å². The largest absolute Gasteiger partial charge is 0.497 e. The maximum Gasteiger partial charge on any atom is 0.261 e. The zero-order chi connectivity index (χ0) is 18.8. The maximum absolute atomic E-state index is 12.5. The first-order chi connectivity index (χ1) is 13.2. The summed E-state index contributed by atoms with van der Waals surface area (Å²) in [6, 6.07) is 14.7. The predicted octanol–water partition coefficient (Wildman–Crippen LogP) is 3.28. The normalized spacial score (nSPS) is 11.0. The van der Waals surface area contributed by atoms with Gasteiger partial charge in [-0.3, -0.25) is 9.36 Å². The molecule has 4 aromatic rings. The SMILES string of the molecule is COc1ccc(-c2nc(CSc3nc4ccccc4c(=O)n3C)no2)cc1. The third-order valence-corrected chi connectivity index (χ3v) is 5.10. The molecule has 0 fully saturated rings. The number of nitrogens with zero attached hydrogens (tertiary/aromatic N) is 4. The van der Waals surface area contributed by atoms with Crippen LogP contribution in [0.1, 0.15) is 5.82 Å². The van der Waals surface area contributed by atoms with Crippen molar-refractivity contribution in [2.75, 3.05) is 7.11 Å². The standard InChI is InChI=1S/C19H16N4O3S/c1-23-18(24)14-5-3-4-6-15(14)20-19(23)27-11-16-21-17(26-22-16)12-7-9-13(25-2)10-8-12/h3-10H,11H2,1-2H3. The van der Waals surface area contributed by atoms with Crippen molar-refractivity contribution in [3.05, 3.63) is 64.7 Å². The van der Waals surface area contributed by atoms with E-state index < -0.39 is 0 Å². The molecule has 0 atom stereocenters. The van der Waals surface area contributed by atoms with Crippen LogP contribution in [0, 0.1) is 0 Å². The lowest BCUT2D eigenvalue weighted by atomic mass is 10.2. The molecule has 8 heteroatoms. The van der Waals surface area contributed by atoms with Gasteiger partial charge in [0.1, 0.15) is 5.75 Å². The van der Waals surface area contributed by atoms with Gasteiger partial charge in [-0.1, -0.05) is 29.1 Å². The Morgan fingerprint density at radius 2 is 1.89 bits per heavy atom. The smallest absolute Gasteiger partial charge is 0.261 e. The molecule has 0 bridgehead atoms. The van der Waals surface area contributed by atoms with E-state index >= 15 is 0 Å². The van der Waals surface area contributed by atoms with Crippen molar-refractivity contribution in [3.8, 4) is 17.2 Å².